The van der Waals surface area contributed by atoms with Crippen LogP contribution < -0.4 is 11.1 Å². The van der Waals surface area contributed by atoms with Crippen LogP contribution in [0, 0.1) is 11.3 Å². The maximum atomic E-state index is 8.80. The van der Waals surface area contributed by atoms with E-state index in [1.807, 2.05) is 12.1 Å². The van der Waals surface area contributed by atoms with Crippen molar-refractivity contribution >= 4 is 43.6 Å². The van der Waals surface area contributed by atoms with Gasteiger partial charge in [-0.2, -0.15) is 5.26 Å². The first-order chi connectivity index (χ1) is 7.69. The summed E-state index contributed by atoms with van der Waals surface area (Å²) in [5.74, 6) is 0. The Hall–Kier alpha value is -1.51. The minimum Gasteiger partial charge on any atom is -0.397 e. The van der Waals surface area contributed by atoms with Crippen molar-refractivity contribution < 1.29 is 0 Å². The normalized spacial score (nSPS) is 9.75. The molecule has 1 aromatic heterocycles. The largest absolute Gasteiger partial charge is 0.397 e. The minimum absolute atomic E-state index is 0.590. The first kappa shape index (κ1) is 11.0. The fourth-order valence-electron chi connectivity index (χ4n) is 1.25. The lowest BCUT2D eigenvalue weighted by molar-refractivity contribution is 1.48. The molecule has 0 unspecified atom stereocenters. The molecule has 0 aliphatic heterocycles. The van der Waals surface area contributed by atoms with Gasteiger partial charge in [-0.1, -0.05) is 0 Å². The highest BCUT2D eigenvalue weighted by Gasteiger charge is 2.03. The van der Waals surface area contributed by atoms with Gasteiger partial charge in [-0.05, 0) is 46.3 Å². The van der Waals surface area contributed by atoms with Crippen molar-refractivity contribution in [2.24, 2.45) is 0 Å². The summed E-state index contributed by atoms with van der Waals surface area (Å²) in [6.07, 6.45) is 0. The molecular weight excluding hydrogens is 286 g/mol. The molecule has 0 bridgehead atoms. The van der Waals surface area contributed by atoms with Gasteiger partial charge in [0.15, 0.2) is 0 Å². The Bertz CT molecular complexity index is 557. The van der Waals surface area contributed by atoms with Gasteiger partial charge in [-0.3, -0.25) is 0 Å². The SMILES string of the molecule is N#Cc1ccc(N)c(Nc2ccc(Br)s2)c1. The highest BCUT2D eigenvalue weighted by atomic mass is 79.9. The molecule has 16 heavy (non-hydrogen) atoms. The molecule has 0 amide bonds. The van der Waals surface area contributed by atoms with E-state index in [1.54, 1.807) is 29.5 Å². The molecule has 3 N–H and O–H groups in total. The Kier molecular flexibility index (Phi) is 3.13. The molecule has 2 rings (SSSR count). The van der Waals surface area contributed by atoms with Crippen molar-refractivity contribution in [1.82, 2.24) is 0 Å². The molecule has 0 spiro atoms. The Morgan fingerprint density at radius 1 is 1.31 bits per heavy atom. The maximum Gasteiger partial charge on any atom is 0.0992 e. The average Bonchev–Trinajstić information content (AvgIpc) is 2.67. The molecule has 0 atom stereocenters. The zero-order chi connectivity index (χ0) is 11.5. The molecule has 0 saturated carbocycles. The van der Waals surface area contributed by atoms with E-state index in [-0.39, 0.29) is 0 Å². The molecule has 0 aliphatic carbocycles. The van der Waals surface area contributed by atoms with Gasteiger partial charge >= 0.3 is 0 Å². The van der Waals surface area contributed by atoms with Crippen molar-refractivity contribution in [3.8, 4) is 6.07 Å². The van der Waals surface area contributed by atoms with E-state index in [9.17, 15) is 0 Å². The number of anilines is 3. The number of hydrogen-bond donors (Lipinski definition) is 2. The third-order valence-corrected chi connectivity index (χ3v) is 3.55. The fourth-order valence-corrected chi connectivity index (χ4v) is 2.55. The first-order valence-electron chi connectivity index (χ1n) is 4.51. The summed E-state index contributed by atoms with van der Waals surface area (Å²) >= 11 is 4.96. The molecular formula is C11H8BrN3S. The molecule has 0 aliphatic rings. The van der Waals surface area contributed by atoms with E-state index < -0.39 is 0 Å². The van der Waals surface area contributed by atoms with Gasteiger partial charge in [0.25, 0.3) is 0 Å². The minimum atomic E-state index is 0.590. The van der Waals surface area contributed by atoms with Crippen LogP contribution in [0.5, 0.6) is 0 Å². The van der Waals surface area contributed by atoms with Crippen molar-refractivity contribution in [3.63, 3.8) is 0 Å². The number of thiophene rings is 1. The number of nitrogens with zero attached hydrogens (tertiary/aromatic N) is 1. The lowest BCUT2D eigenvalue weighted by Crippen LogP contribution is -1.95. The van der Waals surface area contributed by atoms with E-state index in [0.29, 0.717) is 11.3 Å². The fraction of sp³-hybridized carbons (Fsp3) is 0. The molecule has 1 aromatic carbocycles. The number of halogens is 1. The Morgan fingerprint density at radius 2 is 2.12 bits per heavy atom. The molecule has 2 aromatic rings. The molecule has 80 valence electrons. The summed E-state index contributed by atoms with van der Waals surface area (Å²) in [6.45, 7) is 0. The Labute approximate surface area is 106 Å². The van der Waals surface area contributed by atoms with E-state index in [2.05, 4.69) is 27.3 Å². The predicted molar refractivity (Wildman–Crippen MR) is 70.9 cm³/mol. The van der Waals surface area contributed by atoms with Crippen LogP contribution in [-0.4, -0.2) is 0 Å². The monoisotopic (exact) mass is 293 g/mol. The number of benzene rings is 1. The molecule has 0 saturated heterocycles. The van der Waals surface area contributed by atoms with Gasteiger partial charge in [0.2, 0.25) is 0 Å². The summed E-state index contributed by atoms with van der Waals surface area (Å²) in [5.41, 5.74) is 7.80. The first-order valence-corrected chi connectivity index (χ1v) is 6.12. The third kappa shape index (κ3) is 2.35. The molecule has 3 nitrogen and oxygen atoms in total. The van der Waals surface area contributed by atoms with Gasteiger partial charge in [-0.25, -0.2) is 0 Å². The van der Waals surface area contributed by atoms with E-state index in [4.69, 9.17) is 11.0 Å². The van der Waals surface area contributed by atoms with E-state index in [1.165, 1.54) is 0 Å². The quantitative estimate of drug-likeness (QED) is 0.830. The van der Waals surface area contributed by atoms with Gasteiger partial charge in [0.05, 0.1) is 31.8 Å². The second-order valence-electron chi connectivity index (χ2n) is 3.14. The number of nitrogen functional groups attached to an aromatic ring is 1. The molecule has 5 heteroatoms. The summed E-state index contributed by atoms with van der Waals surface area (Å²) in [6, 6.07) is 11.2. The highest BCUT2D eigenvalue weighted by molar-refractivity contribution is 9.11. The molecule has 0 radical (unpaired) electrons. The standard InChI is InChI=1S/C11H8BrN3S/c12-10-3-4-11(16-10)15-9-5-7(6-13)1-2-8(9)14/h1-5,15H,14H2. The van der Waals surface area contributed by atoms with Crippen LogP contribution in [0.3, 0.4) is 0 Å². The lowest BCUT2D eigenvalue weighted by atomic mass is 10.2. The zero-order valence-corrected chi connectivity index (χ0v) is 10.6. The van der Waals surface area contributed by atoms with Gasteiger partial charge in [0.1, 0.15) is 0 Å². The number of nitriles is 1. The van der Waals surface area contributed by atoms with E-state index >= 15 is 0 Å². The third-order valence-electron chi connectivity index (χ3n) is 2.01. The van der Waals surface area contributed by atoms with Crippen molar-refractivity contribution in [2.45, 2.75) is 0 Å². The van der Waals surface area contributed by atoms with Gasteiger partial charge < -0.3 is 11.1 Å². The summed E-state index contributed by atoms with van der Waals surface area (Å²) in [4.78, 5) is 0. The predicted octanol–water partition coefficient (Wildman–Crippen LogP) is 3.71. The summed E-state index contributed by atoms with van der Waals surface area (Å²) in [5, 5.41) is 13.0. The number of nitrogens with two attached hydrogens (primary N) is 1. The Morgan fingerprint density at radius 3 is 2.75 bits per heavy atom. The Balaban J connectivity index is 2.30. The topological polar surface area (TPSA) is 61.8 Å². The van der Waals surface area contributed by atoms with Crippen molar-refractivity contribution in [1.29, 1.82) is 5.26 Å². The van der Waals surface area contributed by atoms with Crippen LogP contribution in [-0.2, 0) is 0 Å². The maximum absolute atomic E-state index is 8.80. The van der Waals surface area contributed by atoms with Gasteiger partial charge in [0, 0.05) is 0 Å². The summed E-state index contributed by atoms with van der Waals surface area (Å²) in [7, 11) is 0. The van der Waals surface area contributed by atoms with Crippen LogP contribution in [0.2, 0.25) is 0 Å². The van der Waals surface area contributed by atoms with Crippen molar-refractivity contribution in [3.05, 3.63) is 39.7 Å². The lowest BCUT2D eigenvalue weighted by Gasteiger charge is -2.07. The van der Waals surface area contributed by atoms with Crippen LogP contribution in [0.1, 0.15) is 5.56 Å². The number of hydrogen-bond acceptors (Lipinski definition) is 4. The number of rotatable bonds is 2. The van der Waals surface area contributed by atoms with Crippen molar-refractivity contribution in [2.75, 3.05) is 11.1 Å². The second kappa shape index (κ2) is 4.56. The van der Waals surface area contributed by atoms with Crippen LogP contribution in [0.4, 0.5) is 16.4 Å². The van der Waals surface area contributed by atoms with E-state index in [0.717, 1.165) is 14.5 Å². The highest BCUT2D eigenvalue weighted by Crippen LogP contribution is 2.31. The second-order valence-corrected chi connectivity index (χ2v) is 5.61. The smallest absolute Gasteiger partial charge is 0.0992 e. The van der Waals surface area contributed by atoms with Crippen LogP contribution in [0.25, 0.3) is 0 Å². The van der Waals surface area contributed by atoms with Crippen LogP contribution in [0.15, 0.2) is 34.1 Å². The molecule has 0 fully saturated rings. The number of nitrogens with one attached hydrogen (secondary N) is 1. The zero-order valence-electron chi connectivity index (χ0n) is 8.20. The average molecular weight is 294 g/mol. The van der Waals surface area contributed by atoms with Gasteiger partial charge in [-0.15, -0.1) is 11.3 Å². The molecule has 1 heterocycles. The summed E-state index contributed by atoms with van der Waals surface area (Å²) < 4.78 is 1.05. The van der Waals surface area contributed by atoms with Crippen LogP contribution >= 0.6 is 27.3 Å².